The number of ether oxygens (including phenoxy) is 1. The molecule has 1 saturated carbocycles. The number of hydrogen-bond donors (Lipinski definition) is 1. The molecule has 2 aliphatic carbocycles. The Balaban J connectivity index is 1.46. The van der Waals surface area contributed by atoms with Crippen molar-refractivity contribution in [3.63, 3.8) is 0 Å². The fraction of sp³-hybridized carbons (Fsp3) is 0.333. The number of benzene rings is 2. The van der Waals surface area contributed by atoms with E-state index in [4.69, 9.17) is 9.84 Å². The highest BCUT2D eigenvalue weighted by atomic mass is 16.5. The number of fused-ring (bicyclic) bond motifs is 2. The number of aryl methyl sites for hydroxylation is 1. The van der Waals surface area contributed by atoms with Crippen molar-refractivity contribution in [1.82, 2.24) is 0 Å². The Morgan fingerprint density at radius 3 is 2.65 bits per heavy atom. The van der Waals surface area contributed by atoms with Gasteiger partial charge in [0.15, 0.2) is 6.61 Å². The molecule has 1 fully saturated rings. The summed E-state index contributed by atoms with van der Waals surface area (Å²) in [6.07, 6.45) is 3.03. The van der Waals surface area contributed by atoms with Crippen molar-refractivity contribution in [2.45, 2.75) is 24.7 Å². The third-order valence-electron chi connectivity index (χ3n) is 5.68. The van der Waals surface area contributed by atoms with Crippen molar-refractivity contribution in [2.75, 3.05) is 18.6 Å². The largest absolute Gasteiger partial charge is 0.482 e. The summed E-state index contributed by atoms with van der Waals surface area (Å²) in [5.74, 6) is -0.359. The van der Waals surface area contributed by atoms with E-state index < -0.39 is 5.97 Å². The van der Waals surface area contributed by atoms with E-state index in [-0.39, 0.29) is 23.8 Å². The SMILES string of the molecule is CN(C(=O)C1CC12CCc1ccccc12)c1ccc(OCC(=O)O)cc1. The van der Waals surface area contributed by atoms with E-state index in [1.807, 2.05) is 0 Å². The minimum Gasteiger partial charge on any atom is -0.482 e. The van der Waals surface area contributed by atoms with Gasteiger partial charge in [-0.2, -0.15) is 0 Å². The molecule has 0 heterocycles. The average molecular weight is 351 g/mol. The zero-order chi connectivity index (χ0) is 18.3. The smallest absolute Gasteiger partial charge is 0.341 e. The Labute approximate surface area is 152 Å². The summed E-state index contributed by atoms with van der Waals surface area (Å²) in [4.78, 5) is 25.2. The molecular formula is C21H21NO4. The number of hydrogen-bond acceptors (Lipinski definition) is 3. The number of amides is 1. The predicted molar refractivity (Wildman–Crippen MR) is 97.5 cm³/mol. The first-order valence-electron chi connectivity index (χ1n) is 8.82. The maximum atomic E-state index is 13.0. The molecule has 1 spiro atoms. The molecule has 0 aromatic heterocycles. The summed E-state index contributed by atoms with van der Waals surface area (Å²) in [6.45, 7) is -0.377. The second-order valence-electron chi connectivity index (χ2n) is 7.14. The number of aliphatic carboxylic acids is 1. The van der Waals surface area contributed by atoms with E-state index in [9.17, 15) is 9.59 Å². The molecule has 5 nitrogen and oxygen atoms in total. The molecule has 0 radical (unpaired) electrons. The summed E-state index contributed by atoms with van der Waals surface area (Å²) in [6, 6.07) is 15.4. The van der Waals surface area contributed by atoms with E-state index in [2.05, 4.69) is 24.3 Å². The van der Waals surface area contributed by atoms with Gasteiger partial charge in [-0.15, -0.1) is 0 Å². The van der Waals surface area contributed by atoms with Crippen LogP contribution in [0.15, 0.2) is 48.5 Å². The topological polar surface area (TPSA) is 66.8 Å². The normalized spacial score (nSPS) is 22.7. The van der Waals surface area contributed by atoms with Crippen LogP contribution in [0.4, 0.5) is 5.69 Å². The van der Waals surface area contributed by atoms with Crippen LogP contribution in [0.5, 0.6) is 5.75 Å². The van der Waals surface area contributed by atoms with Gasteiger partial charge in [-0.1, -0.05) is 24.3 Å². The lowest BCUT2D eigenvalue weighted by atomic mass is 9.95. The van der Waals surface area contributed by atoms with E-state index >= 15 is 0 Å². The molecule has 134 valence electrons. The lowest BCUT2D eigenvalue weighted by molar-refractivity contribution is -0.139. The minimum atomic E-state index is -1.02. The molecule has 0 aliphatic heterocycles. The van der Waals surface area contributed by atoms with Crippen molar-refractivity contribution in [3.05, 3.63) is 59.7 Å². The molecule has 0 bridgehead atoms. The third-order valence-corrected chi connectivity index (χ3v) is 5.68. The minimum absolute atomic E-state index is 0.0342. The summed E-state index contributed by atoms with van der Waals surface area (Å²) in [5, 5.41) is 8.65. The van der Waals surface area contributed by atoms with Gasteiger partial charge in [0.05, 0.1) is 0 Å². The van der Waals surface area contributed by atoms with Crippen LogP contribution in [0.2, 0.25) is 0 Å². The molecule has 2 aromatic carbocycles. The molecule has 2 aliphatic rings. The first-order valence-corrected chi connectivity index (χ1v) is 8.82. The van der Waals surface area contributed by atoms with E-state index in [1.54, 1.807) is 36.2 Å². The van der Waals surface area contributed by atoms with Crippen LogP contribution in [-0.2, 0) is 21.4 Å². The number of anilines is 1. The highest BCUT2D eigenvalue weighted by molar-refractivity contribution is 5.98. The van der Waals surface area contributed by atoms with Crippen LogP contribution in [0.3, 0.4) is 0 Å². The highest BCUT2D eigenvalue weighted by Gasteiger charge is 2.61. The van der Waals surface area contributed by atoms with Crippen LogP contribution in [0.1, 0.15) is 24.0 Å². The van der Waals surface area contributed by atoms with Crippen molar-refractivity contribution in [1.29, 1.82) is 0 Å². The maximum absolute atomic E-state index is 13.0. The van der Waals surface area contributed by atoms with Gasteiger partial charge in [0.2, 0.25) is 5.91 Å². The Bertz CT molecular complexity index is 861. The van der Waals surface area contributed by atoms with Crippen molar-refractivity contribution in [3.8, 4) is 5.75 Å². The summed E-state index contributed by atoms with van der Waals surface area (Å²) >= 11 is 0. The number of carboxylic acids is 1. The lowest BCUT2D eigenvalue weighted by Gasteiger charge is -2.20. The maximum Gasteiger partial charge on any atom is 0.341 e. The molecule has 4 rings (SSSR count). The number of carbonyl (C=O) groups excluding carboxylic acids is 1. The van der Waals surface area contributed by atoms with Gasteiger partial charge < -0.3 is 14.7 Å². The Kier molecular flexibility index (Phi) is 3.94. The number of rotatable bonds is 5. The van der Waals surface area contributed by atoms with Gasteiger partial charge in [0, 0.05) is 24.1 Å². The molecule has 2 aromatic rings. The molecule has 1 N–H and O–H groups in total. The second-order valence-corrected chi connectivity index (χ2v) is 7.14. The Morgan fingerprint density at radius 2 is 1.92 bits per heavy atom. The summed E-state index contributed by atoms with van der Waals surface area (Å²) in [7, 11) is 1.79. The van der Waals surface area contributed by atoms with Gasteiger partial charge in [-0.05, 0) is 54.7 Å². The lowest BCUT2D eigenvalue weighted by Crippen LogP contribution is -2.30. The van der Waals surface area contributed by atoms with Gasteiger partial charge >= 0.3 is 5.97 Å². The van der Waals surface area contributed by atoms with Crippen LogP contribution in [0, 0.1) is 5.92 Å². The molecule has 0 saturated heterocycles. The number of carbonyl (C=O) groups is 2. The third kappa shape index (κ3) is 2.73. The zero-order valence-corrected chi connectivity index (χ0v) is 14.6. The predicted octanol–water partition coefficient (Wildman–Crippen LogP) is 3.02. The number of nitrogens with zero attached hydrogens (tertiary/aromatic N) is 1. The van der Waals surface area contributed by atoms with Crippen molar-refractivity contribution in [2.24, 2.45) is 5.92 Å². The molecule has 1 amide bonds. The molecule has 2 unspecified atom stereocenters. The first kappa shape index (κ1) is 16.6. The van der Waals surface area contributed by atoms with Crippen LogP contribution < -0.4 is 9.64 Å². The fourth-order valence-corrected chi connectivity index (χ4v) is 4.19. The van der Waals surface area contributed by atoms with Crippen molar-refractivity contribution >= 4 is 17.6 Å². The average Bonchev–Trinajstić information content (AvgIpc) is 3.28. The van der Waals surface area contributed by atoms with Crippen LogP contribution >= 0.6 is 0 Å². The molecule has 26 heavy (non-hydrogen) atoms. The van der Waals surface area contributed by atoms with Gasteiger partial charge in [0.25, 0.3) is 0 Å². The first-order chi connectivity index (χ1) is 12.5. The monoisotopic (exact) mass is 351 g/mol. The fourth-order valence-electron chi connectivity index (χ4n) is 4.19. The van der Waals surface area contributed by atoms with E-state index in [1.165, 1.54) is 11.1 Å². The van der Waals surface area contributed by atoms with E-state index in [0.29, 0.717) is 5.75 Å². The van der Waals surface area contributed by atoms with E-state index in [0.717, 1.165) is 24.9 Å². The highest BCUT2D eigenvalue weighted by Crippen LogP contribution is 2.62. The standard InChI is InChI=1S/C21H21NO4/c1-22(15-6-8-16(9-7-15)26-13-19(23)24)20(25)18-12-21(18)11-10-14-4-2-3-5-17(14)21/h2-9,18H,10-13H2,1H3,(H,23,24). The quantitative estimate of drug-likeness (QED) is 0.899. The van der Waals surface area contributed by atoms with Crippen molar-refractivity contribution < 1.29 is 19.4 Å². The Hall–Kier alpha value is -2.82. The zero-order valence-electron chi connectivity index (χ0n) is 14.6. The molecule has 5 heteroatoms. The second kappa shape index (κ2) is 6.16. The van der Waals surface area contributed by atoms with Gasteiger partial charge in [-0.3, -0.25) is 4.79 Å². The molecule has 2 atom stereocenters. The van der Waals surface area contributed by atoms with Crippen LogP contribution in [-0.4, -0.2) is 30.6 Å². The Morgan fingerprint density at radius 1 is 1.19 bits per heavy atom. The van der Waals surface area contributed by atoms with Gasteiger partial charge in [-0.25, -0.2) is 4.79 Å². The molecular weight excluding hydrogens is 330 g/mol. The van der Waals surface area contributed by atoms with Crippen LogP contribution in [0.25, 0.3) is 0 Å². The van der Waals surface area contributed by atoms with Gasteiger partial charge in [0.1, 0.15) is 5.75 Å². The summed E-state index contributed by atoms with van der Waals surface area (Å²) in [5.41, 5.74) is 3.55. The summed E-state index contributed by atoms with van der Waals surface area (Å²) < 4.78 is 5.13. The number of carboxylic acid groups (broad SMARTS) is 1.